The van der Waals surface area contributed by atoms with Crippen LogP contribution in [0.25, 0.3) is 0 Å². The fraction of sp³-hybridized carbons (Fsp3) is 0.250. The van der Waals surface area contributed by atoms with Crippen LogP contribution in [0.3, 0.4) is 0 Å². The Hall–Kier alpha value is -3.15. The average Bonchev–Trinajstić information content (AvgIpc) is 2.65. The van der Waals surface area contributed by atoms with Gasteiger partial charge < -0.3 is 15.4 Å². The molecular formula is C20H22N2O4. The molecule has 0 unspecified atom stereocenters. The van der Waals surface area contributed by atoms with Gasteiger partial charge in [-0.2, -0.15) is 0 Å². The quantitative estimate of drug-likeness (QED) is 0.561. The normalized spacial score (nSPS) is 10.0. The molecule has 0 atom stereocenters. The number of hydrogen-bond donors (Lipinski definition) is 2. The number of nitrogens with one attached hydrogen (secondary N) is 2. The second-order valence-electron chi connectivity index (χ2n) is 5.77. The maximum atomic E-state index is 11.9. The van der Waals surface area contributed by atoms with E-state index in [9.17, 15) is 14.4 Å². The van der Waals surface area contributed by atoms with Gasteiger partial charge in [0.2, 0.25) is 5.91 Å². The van der Waals surface area contributed by atoms with Crippen LogP contribution in [0.4, 0.5) is 10.5 Å². The van der Waals surface area contributed by atoms with Crippen molar-refractivity contribution in [2.45, 2.75) is 26.4 Å². The summed E-state index contributed by atoms with van der Waals surface area (Å²) in [5, 5.41) is 5.36. The molecule has 6 heteroatoms. The molecule has 6 nitrogen and oxygen atoms in total. The van der Waals surface area contributed by atoms with Crippen LogP contribution in [0.2, 0.25) is 0 Å². The number of amides is 2. The van der Waals surface area contributed by atoms with Gasteiger partial charge in [0.05, 0.1) is 0 Å². The zero-order chi connectivity index (χ0) is 18.8. The highest BCUT2D eigenvalue weighted by Crippen LogP contribution is 2.10. The van der Waals surface area contributed by atoms with Crippen molar-refractivity contribution in [1.29, 1.82) is 0 Å². The third kappa shape index (κ3) is 6.76. The number of alkyl carbamates (subject to hydrolysis) is 1. The monoisotopic (exact) mass is 354 g/mol. The van der Waals surface area contributed by atoms with Crippen LogP contribution < -0.4 is 10.6 Å². The van der Waals surface area contributed by atoms with Crippen molar-refractivity contribution in [3.05, 3.63) is 65.7 Å². The molecule has 0 aliphatic rings. The number of hydrogen-bond acceptors (Lipinski definition) is 4. The van der Waals surface area contributed by atoms with Crippen molar-refractivity contribution in [2.75, 3.05) is 11.9 Å². The summed E-state index contributed by atoms with van der Waals surface area (Å²) in [7, 11) is 0. The SMILES string of the molecule is CC(=O)c1ccc(NC(=O)CCCNC(=O)OCc2ccccc2)cc1. The Kier molecular flexibility index (Phi) is 7.36. The summed E-state index contributed by atoms with van der Waals surface area (Å²) in [6, 6.07) is 16.1. The lowest BCUT2D eigenvalue weighted by Gasteiger charge is -2.08. The van der Waals surface area contributed by atoms with E-state index in [1.54, 1.807) is 24.3 Å². The minimum atomic E-state index is -0.505. The molecule has 136 valence electrons. The number of carbonyl (C=O) groups is 3. The number of Topliss-reactive ketones (excluding diaryl/α,β-unsaturated/α-hetero) is 1. The first-order valence-electron chi connectivity index (χ1n) is 8.40. The van der Waals surface area contributed by atoms with Crippen molar-refractivity contribution in [2.24, 2.45) is 0 Å². The molecule has 0 spiro atoms. The highest BCUT2D eigenvalue weighted by atomic mass is 16.5. The molecular weight excluding hydrogens is 332 g/mol. The predicted molar refractivity (Wildman–Crippen MR) is 98.9 cm³/mol. The van der Waals surface area contributed by atoms with Crippen LogP contribution >= 0.6 is 0 Å². The Morgan fingerprint density at radius 1 is 0.962 bits per heavy atom. The van der Waals surface area contributed by atoms with E-state index in [0.29, 0.717) is 24.2 Å². The zero-order valence-electron chi connectivity index (χ0n) is 14.7. The molecule has 0 heterocycles. The van der Waals surface area contributed by atoms with Crippen molar-refractivity contribution < 1.29 is 19.1 Å². The summed E-state index contributed by atoms with van der Waals surface area (Å²) in [6.07, 6.45) is 0.264. The van der Waals surface area contributed by atoms with Gasteiger partial charge in [-0.3, -0.25) is 9.59 Å². The molecule has 0 aliphatic carbocycles. The van der Waals surface area contributed by atoms with Gasteiger partial charge in [-0.05, 0) is 43.2 Å². The summed E-state index contributed by atoms with van der Waals surface area (Å²) in [5.41, 5.74) is 2.15. The van der Waals surface area contributed by atoms with Crippen molar-refractivity contribution in [3.8, 4) is 0 Å². The molecule has 0 radical (unpaired) electrons. The van der Waals surface area contributed by atoms with Gasteiger partial charge in [-0.25, -0.2) is 4.79 Å². The van der Waals surface area contributed by atoms with Gasteiger partial charge in [0.25, 0.3) is 0 Å². The number of ether oxygens (including phenoxy) is 1. The summed E-state index contributed by atoms with van der Waals surface area (Å²) < 4.78 is 5.08. The molecule has 0 saturated heterocycles. The van der Waals surface area contributed by atoms with E-state index in [4.69, 9.17) is 4.74 Å². The van der Waals surface area contributed by atoms with Crippen LogP contribution in [0.5, 0.6) is 0 Å². The van der Waals surface area contributed by atoms with Crippen LogP contribution in [-0.2, 0) is 16.1 Å². The smallest absolute Gasteiger partial charge is 0.407 e. The van der Waals surface area contributed by atoms with Crippen LogP contribution in [-0.4, -0.2) is 24.3 Å². The van der Waals surface area contributed by atoms with Crippen LogP contribution in [0.1, 0.15) is 35.7 Å². The lowest BCUT2D eigenvalue weighted by molar-refractivity contribution is -0.116. The number of carbonyl (C=O) groups excluding carboxylic acids is 3. The second-order valence-corrected chi connectivity index (χ2v) is 5.77. The maximum Gasteiger partial charge on any atom is 0.407 e. The Morgan fingerprint density at radius 3 is 2.31 bits per heavy atom. The molecule has 0 fully saturated rings. The predicted octanol–water partition coefficient (Wildman–Crippen LogP) is 3.53. The average molecular weight is 354 g/mol. The topological polar surface area (TPSA) is 84.5 Å². The molecule has 2 N–H and O–H groups in total. The van der Waals surface area contributed by atoms with Gasteiger partial charge in [-0.15, -0.1) is 0 Å². The first-order chi connectivity index (χ1) is 12.5. The fourth-order valence-corrected chi connectivity index (χ4v) is 2.23. The molecule has 0 aromatic heterocycles. The minimum absolute atomic E-state index is 0.0203. The Bertz CT molecular complexity index is 742. The summed E-state index contributed by atoms with van der Waals surface area (Å²) in [4.78, 5) is 34.6. The van der Waals surface area contributed by atoms with E-state index in [0.717, 1.165) is 5.56 Å². The lowest BCUT2D eigenvalue weighted by atomic mass is 10.1. The highest BCUT2D eigenvalue weighted by Gasteiger charge is 2.06. The Morgan fingerprint density at radius 2 is 1.65 bits per heavy atom. The molecule has 2 amide bonds. The van der Waals surface area contributed by atoms with Gasteiger partial charge >= 0.3 is 6.09 Å². The number of ketones is 1. The Balaban J connectivity index is 1.60. The third-order valence-electron chi connectivity index (χ3n) is 3.64. The molecule has 2 aromatic rings. The standard InChI is InChI=1S/C20H22N2O4/c1-15(23)17-9-11-18(12-10-17)22-19(24)8-5-13-21-20(25)26-14-16-6-3-2-4-7-16/h2-4,6-7,9-12H,5,8,13-14H2,1H3,(H,21,25)(H,22,24). The largest absolute Gasteiger partial charge is 0.445 e. The first kappa shape index (κ1) is 19.2. The minimum Gasteiger partial charge on any atom is -0.445 e. The molecule has 2 rings (SSSR count). The van der Waals surface area contributed by atoms with Gasteiger partial charge in [0, 0.05) is 24.2 Å². The third-order valence-corrected chi connectivity index (χ3v) is 3.64. The molecule has 0 bridgehead atoms. The van der Waals surface area contributed by atoms with E-state index >= 15 is 0 Å². The van der Waals surface area contributed by atoms with E-state index in [2.05, 4.69) is 10.6 Å². The summed E-state index contributed by atoms with van der Waals surface area (Å²) in [6.45, 7) is 2.05. The van der Waals surface area contributed by atoms with Gasteiger partial charge in [0.15, 0.2) is 5.78 Å². The number of rotatable bonds is 8. The van der Waals surface area contributed by atoms with Gasteiger partial charge in [0.1, 0.15) is 6.61 Å². The second kappa shape index (κ2) is 9.98. The summed E-state index contributed by atoms with van der Waals surface area (Å²) >= 11 is 0. The molecule has 26 heavy (non-hydrogen) atoms. The van der Waals surface area contributed by atoms with Crippen LogP contribution in [0, 0.1) is 0 Å². The van der Waals surface area contributed by atoms with Gasteiger partial charge in [-0.1, -0.05) is 30.3 Å². The number of benzene rings is 2. The highest BCUT2D eigenvalue weighted by molar-refractivity contribution is 5.95. The van der Waals surface area contributed by atoms with E-state index in [-0.39, 0.29) is 24.7 Å². The van der Waals surface area contributed by atoms with E-state index in [1.165, 1.54) is 6.92 Å². The van der Waals surface area contributed by atoms with E-state index < -0.39 is 6.09 Å². The zero-order valence-corrected chi connectivity index (χ0v) is 14.7. The number of anilines is 1. The summed E-state index contributed by atoms with van der Waals surface area (Å²) in [5.74, 6) is -0.173. The maximum absolute atomic E-state index is 11.9. The molecule has 0 saturated carbocycles. The molecule has 2 aromatic carbocycles. The van der Waals surface area contributed by atoms with Crippen molar-refractivity contribution >= 4 is 23.5 Å². The lowest BCUT2D eigenvalue weighted by Crippen LogP contribution is -2.26. The van der Waals surface area contributed by atoms with E-state index in [1.807, 2.05) is 30.3 Å². The fourth-order valence-electron chi connectivity index (χ4n) is 2.23. The molecule has 0 aliphatic heterocycles. The first-order valence-corrected chi connectivity index (χ1v) is 8.40. The van der Waals surface area contributed by atoms with Crippen molar-refractivity contribution in [3.63, 3.8) is 0 Å². The van der Waals surface area contributed by atoms with Crippen molar-refractivity contribution in [1.82, 2.24) is 5.32 Å². The Labute approximate surface area is 152 Å². The van der Waals surface area contributed by atoms with Crippen LogP contribution in [0.15, 0.2) is 54.6 Å².